The van der Waals surface area contributed by atoms with Gasteiger partial charge in [-0.2, -0.15) is 0 Å². The van der Waals surface area contributed by atoms with Crippen LogP contribution in [-0.4, -0.2) is 33.1 Å². The molecular weight excluding hydrogens is 322 g/mol. The minimum Gasteiger partial charge on any atom is -0.377 e. The molecule has 1 amide bonds. The number of carbonyl (C=O) groups excluding carboxylic acids is 1. The van der Waals surface area contributed by atoms with Crippen molar-refractivity contribution in [3.05, 3.63) is 53.6 Å². The largest absolute Gasteiger partial charge is 0.377 e. The highest BCUT2D eigenvalue weighted by atomic mass is 16.1. The fourth-order valence-electron chi connectivity index (χ4n) is 3.52. The maximum atomic E-state index is 12.5. The van der Waals surface area contributed by atoms with E-state index in [2.05, 4.69) is 34.2 Å². The molecule has 4 nitrogen and oxygen atoms in total. The molecule has 3 rings (SSSR count). The van der Waals surface area contributed by atoms with Crippen LogP contribution in [0.3, 0.4) is 0 Å². The van der Waals surface area contributed by atoms with Crippen LogP contribution in [0.25, 0.3) is 0 Å². The number of nitrogens with zero attached hydrogens (tertiary/aromatic N) is 2. The van der Waals surface area contributed by atoms with E-state index in [1.807, 2.05) is 51.4 Å². The van der Waals surface area contributed by atoms with Gasteiger partial charge in [0.2, 0.25) is 0 Å². The van der Waals surface area contributed by atoms with E-state index in [0.717, 1.165) is 35.9 Å². The molecule has 1 heterocycles. The quantitative estimate of drug-likeness (QED) is 0.878. The maximum Gasteiger partial charge on any atom is 0.255 e. The summed E-state index contributed by atoms with van der Waals surface area (Å²) in [6.07, 6.45) is 2.50. The van der Waals surface area contributed by atoms with Crippen molar-refractivity contribution in [3.63, 3.8) is 0 Å². The van der Waals surface area contributed by atoms with Crippen molar-refractivity contribution in [1.82, 2.24) is 0 Å². The normalized spacial score (nSPS) is 15.0. The van der Waals surface area contributed by atoms with E-state index in [4.69, 9.17) is 0 Å². The van der Waals surface area contributed by atoms with E-state index in [9.17, 15) is 4.79 Å². The predicted octanol–water partition coefficient (Wildman–Crippen LogP) is 4.55. The van der Waals surface area contributed by atoms with Crippen LogP contribution in [0, 0.1) is 12.8 Å². The van der Waals surface area contributed by atoms with E-state index in [1.54, 1.807) is 0 Å². The number of carbonyl (C=O) groups is 1. The average Bonchev–Trinajstić information content (AvgIpc) is 2.62. The number of rotatable bonds is 4. The Bertz CT molecular complexity index is 759. The Morgan fingerprint density at radius 3 is 2.31 bits per heavy atom. The fourth-order valence-corrected chi connectivity index (χ4v) is 3.52. The predicted molar refractivity (Wildman–Crippen MR) is 111 cm³/mol. The molecule has 26 heavy (non-hydrogen) atoms. The molecule has 0 bridgehead atoms. The number of piperidine rings is 1. The van der Waals surface area contributed by atoms with Gasteiger partial charge in [-0.1, -0.05) is 6.92 Å². The summed E-state index contributed by atoms with van der Waals surface area (Å²) in [6, 6.07) is 14.0. The first kappa shape index (κ1) is 18.3. The van der Waals surface area contributed by atoms with Crippen molar-refractivity contribution in [1.29, 1.82) is 0 Å². The van der Waals surface area contributed by atoms with Gasteiger partial charge < -0.3 is 15.1 Å². The Balaban J connectivity index is 1.65. The van der Waals surface area contributed by atoms with Crippen molar-refractivity contribution in [2.45, 2.75) is 26.7 Å². The molecule has 0 atom stereocenters. The lowest BCUT2D eigenvalue weighted by Gasteiger charge is -2.32. The highest BCUT2D eigenvalue weighted by molar-refractivity contribution is 6.04. The number of nitrogens with one attached hydrogen (secondary N) is 1. The third-order valence-electron chi connectivity index (χ3n) is 5.21. The Hall–Kier alpha value is -2.49. The number of benzene rings is 2. The number of anilines is 3. The molecule has 2 aromatic rings. The molecule has 138 valence electrons. The zero-order chi connectivity index (χ0) is 18.7. The molecule has 0 unspecified atom stereocenters. The van der Waals surface area contributed by atoms with Crippen LogP contribution < -0.4 is 15.1 Å². The van der Waals surface area contributed by atoms with Gasteiger partial charge in [0.25, 0.3) is 5.91 Å². The highest BCUT2D eigenvalue weighted by Crippen LogP contribution is 2.25. The lowest BCUT2D eigenvalue weighted by Crippen LogP contribution is -2.32. The van der Waals surface area contributed by atoms with Gasteiger partial charge >= 0.3 is 0 Å². The van der Waals surface area contributed by atoms with Crippen molar-refractivity contribution in [2.24, 2.45) is 5.92 Å². The molecule has 0 aliphatic carbocycles. The molecule has 2 aromatic carbocycles. The van der Waals surface area contributed by atoms with Crippen LogP contribution in [0.4, 0.5) is 17.1 Å². The zero-order valence-corrected chi connectivity index (χ0v) is 16.2. The molecule has 1 N–H and O–H groups in total. The lowest BCUT2D eigenvalue weighted by molar-refractivity contribution is 0.102. The maximum absolute atomic E-state index is 12.5. The number of amides is 1. The third-order valence-corrected chi connectivity index (χ3v) is 5.21. The van der Waals surface area contributed by atoms with Crippen molar-refractivity contribution in [2.75, 3.05) is 42.3 Å². The minimum absolute atomic E-state index is 0.0713. The van der Waals surface area contributed by atoms with E-state index >= 15 is 0 Å². The second kappa shape index (κ2) is 7.81. The molecule has 1 aliphatic heterocycles. The Morgan fingerprint density at radius 2 is 1.73 bits per heavy atom. The Morgan fingerprint density at radius 1 is 1.08 bits per heavy atom. The molecule has 4 heteroatoms. The van der Waals surface area contributed by atoms with Crippen LogP contribution in [0.2, 0.25) is 0 Å². The summed E-state index contributed by atoms with van der Waals surface area (Å²) in [5.74, 6) is 0.755. The van der Waals surface area contributed by atoms with Crippen molar-refractivity contribution < 1.29 is 4.79 Å². The van der Waals surface area contributed by atoms with Gasteiger partial charge in [0.1, 0.15) is 0 Å². The lowest BCUT2D eigenvalue weighted by atomic mass is 9.99. The monoisotopic (exact) mass is 351 g/mol. The molecule has 1 saturated heterocycles. The van der Waals surface area contributed by atoms with Crippen molar-refractivity contribution >= 4 is 23.0 Å². The second-order valence-electron chi connectivity index (χ2n) is 7.57. The molecule has 1 fully saturated rings. The van der Waals surface area contributed by atoms with Gasteiger partial charge in [-0.25, -0.2) is 0 Å². The van der Waals surface area contributed by atoms with E-state index in [-0.39, 0.29) is 5.91 Å². The second-order valence-corrected chi connectivity index (χ2v) is 7.57. The van der Waals surface area contributed by atoms with Crippen LogP contribution in [0.5, 0.6) is 0 Å². The zero-order valence-electron chi connectivity index (χ0n) is 16.2. The third kappa shape index (κ3) is 4.18. The van der Waals surface area contributed by atoms with Crippen LogP contribution in [0.15, 0.2) is 42.5 Å². The van der Waals surface area contributed by atoms with Crippen LogP contribution in [-0.2, 0) is 0 Å². The van der Waals surface area contributed by atoms with Crippen LogP contribution >= 0.6 is 0 Å². The van der Waals surface area contributed by atoms with E-state index < -0.39 is 0 Å². The topological polar surface area (TPSA) is 35.6 Å². The summed E-state index contributed by atoms with van der Waals surface area (Å²) < 4.78 is 0. The summed E-state index contributed by atoms with van der Waals surface area (Å²) in [5, 5.41) is 3.00. The number of hydrogen-bond acceptors (Lipinski definition) is 3. The molecule has 0 aromatic heterocycles. The number of hydrogen-bond donors (Lipinski definition) is 1. The Kier molecular flexibility index (Phi) is 5.50. The van der Waals surface area contributed by atoms with E-state index in [0.29, 0.717) is 5.56 Å². The molecule has 0 spiro atoms. The first-order valence-corrected chi connectivity index (χ1v) is 9.38. The average molecular weight is 351 g/mol. The van der Waals surface area contributed by atoms with Gasteiger partial charge in [-0.05, 0) is 73.7 Å². The summed E-state index contributed by atoms with van der Waals surface area (Å²) in [6.45, 7) is 6.58. The van der Waals surface area contributed by atoms with Gasteiger partial charge in [0, 0.05) is 49.8 Å². The van der Waals surface area contributed by atoms with Gasteiger partial charge in [-0.3, -0.25) is 4.79 Å². The summed E-state index contributed by atoms with van der Waals surface area (Å²) in [5.41, 5.74) is 4.97. The van der Waals surface area contributed by atoms with E-state index in [1.165, 1.54) is 18.5 Å². The summed E-state index contributed by atoms with van der Waals surface area (Å²) >= 11 is 0. The summed E-state index contributed by atoms with van der Waals surface area (Å²) in [7, 11) is 4.01. The van der Waals surface area contributed by atoms with Crippen LogP contribution in [0.1, 0.15) is 35.7 Å². The molecule has 1 aliphatic rings. The van der Waals surface area contributed by atoms with Gasteiger partial charge in [0.15, 0.2) is 0 Å². The minimum atomic E-state index is -0.0713. The summed E-state index contributed by atoms with van der Waals surface area (Å²) in [4.78, 5) is 17.0. The smallest absolute Gasteiger partial charge is 0.255 e. The SMILES string of the molecule is Cc1cc(C(=O)Nc2ccc(N3CCC(C)CC3)cc2)ccc1N(C)C. The molecular formula is C22H29N3O. The molecule has 0 saturated carbocycles. The molecule has 0 radical (unpaired) electrons. The van der Waals surface area contributed by atoms with Gasteiger partial charge in [-0.15, -0.1) is 0 Å². The standard InChI is InChI=1S/C22H29N3O/c1-16-11-13-25(14-12-16)20-8-6-19(7-9-20)23-22(26)18-5-10-21(24(3)4)17(2)15-18/h5-10,15-16H,11-14H2,1-4H3,(H,23,26). The highest BCUT2D eigenvalue weighted by Gasteiger charge is 2.16. The van der Waals surface area contributed by atoms with Gasteiger partial charge in [0.05, 0.1) is 0 Å². The fraction of sp³-hybridized carbons (Fsp3) is 0.409. The first-order valence-electron chi connectivity index (χ1n) is 9.38. The Labute approximate surface area is 156 Å². The first-order chi connectivity index (χ1) is 12.4. The van der Waals surface area contributed by atoms with Crippen molar-refractivity contribution in [3.8, 4) is 0 Å². The number of aryl methyl sites for hydroxylation is 1.